The predicted molar refractivity (Wildman–Crippen MR) is 127 cm³/mol. The number of aromatic nitrogens is 3. The van der Waals surface area contributed by atoms with Crippen LogP contribution in [0.25, 0.3) is 11.4 Å². The van der Waals surface area contributed by atoms with Crippen LogP contribution in [0.4, 0.5) is 5.82 Å². The molecule has 0 atom stereocenters. The van der Waals surface area contributed by atoms with E-state index < -0.39 is 0 Å². The Kier molecular flexibility index (Phi) is 7.59. The summed E-state index contributed by atoms with van der Waals surface area (Å²) in [4.78, 5) is 28.9. The van der Waals surface area contributed by atoms with Crippen LogP contribution in [-0.2, 0) is 11.2 Å². The Bertz CT molecular complexity index is 1080. The third-order valence-corrected chi connectivity index (χ3v) is 5.49. The maximum absolute atomic E-state index is 13.0. The minimum atomic E-state index is -0.0212. The monoisotopic (exact) mass is 447 g/mol. The highest BCUT2D eigenvalue weighted by Gasteiger charge is 2.14. The molecule has 1 aromatic carbocycles. The molecule has 0 radical (unpaired) electrons. The van der Waals surface area contributed by atoms with Gasteiger partial charge < -0.3 is 14.8 Å². The SMILES string of the molecule is COc1cc(C)cc(C(=O)Cc2cc(NCCN3CCOCC3)nc(-c3cccnc3)n2)c1. The van der Waals surface area contributed by atoms with E-state index in [2.05, 4.69) is 25.2 Å². The van der Waals surface area contributed by atoms with Crippen LogP contribution in [0.3, 0.4) is 0 Å². The summed E-state index contributed by atoms with van der Waals surface area (Å²) in [5, 5.41) is 3.40. The smallest absolute Gasteiger partial charge is 0.168 e. The first kappa shape index (κ1) is 22.8. The normalized spacial score (nSPS) is 14.1. The van der Waals surface area contributed by atoms with Crippen molar-refractivity contribution >= 4 is 11.6 Å². The van der Waals surface area contributed by atoms with Crippen molar-refractivity contribution in [2.24, 2.45) is 0 Å². The third kappa shape index (κ3) is 6.34. The molecule has 8 nitrogen and oxygen atoms in total. The van der Waals surface area contributed by atoms with E-state index in [-0.39, 0.29) is 12.2 Å². The largest absolute Gasteiger partial charge is 0.497 e. The molecule has 0 aliphatic carbocycles. The van der Waals surface area contributed by atoms with E-state index in [1.165, 1.54) is 0 Å². The Morgan fingerprint density at radius 3 is 2.79 bits per heavy atom. The number of carbonyl (C=O) groups is 1. The minimum Gasteiger partial charge on any atom is -0.497 e. The fourth-order valence-electron chi connectivity index (χ4n) is 3.76. The van der Waals surface area contributed by atoms with Crippen LogP contribution < -0.4 is 10.1 Å². The Labute approximate surface area is 194 Å². The highest BCUT2D eigenvalue weighted by atomic mass is 16.5. The number of hydrogen-bond donors (Lipinski definition) is 1. The number of anilines is 1. The second kappa shape index (κ2) is 11.0. The number of morpholine rings is 1. The van der Waals surface area contributed by atoms with Crippen LogP contribution >= 0.6 is 0 Å². The second-order valence-electron chi connectivity index (χ2n) is 8.03. The van der Waals surface area contributed by atoms with Crippen molar-refractivity contribution in [3.63, 3.8) is 0 Å². The number of nitrogens with zero attached hydrogens (tertiary/aromatic N) is 4. The molecule has 1 saturated heterocycles. The number of aryl methyl sites for hydroxylation is 1. The lowest BCUT2D eigenvalue weighted by Gasteiger charge is -2.26. The molecule has 1 aliphatic heterocycles. The van der Waals surface area contributed by atoms with Crippen molar-refractivity contribution in [1.82, 2.24) is 19.9 Å². The van der Waals surface area contributed by atoms with Crippen molar-refractivity contribution in [2.45, 2.75) is 13.3 Å². The summed E-state index contributed by atoms with van der Waals surface area (Å²) in [5.41, 5.74) is 3.04. The highest BCUT2D eigenvalue weighted by Crippen LogP contribution is 2.21. The molecule has 2 aromatic heterocycles. The van der Waals surface area contributed by atoms with Gasteiger partial charge in [-0.25, -0.2) is 9.97 Å². The van der Waals surface area contributed by atoms with Gasteiger partial charge in [-0.2, -0.15) is 0 Å². The molecule has 3 heterocycles. The molecule has 1 fully saturated rings. The average molecular weight is 448 g/mol. The van der Waals surface area contributed by atoms with Crippen LogP contribution in [0.15, 0.2) is 48.8 Å². The maximum atomic E-state index is 13.0. The molecule has 4 rings (SSSR count). The molecule has 1 N–H and O–H groups in total. The fourth-order valence-corrected chi connectivity index (χ4v) is 3.76. The van der Waals surface area contributed by atoms with Gasteiger partial charge in [0.15, 0.2) is 11.6 Å². The number of rotatable bonds is 9. The van der Waals surface area contributed by atoms with Gasteiger partial charge >= 0.3 is 0 Å². The van der Waals surface area contributed by atoms with Crippen molar-refractivity contribution in [2.75, 3.05) is 51.8 Å². The van der Waals surface area contributed by atoms with Gasteiger partial charge in [0, 0.05) is 55.8 Å². The lowest BCUT2D eigenvalue weighted by atomic mass is 10.0. The molecular weight excluding hydrogens is 418 g/mol. The Balaban J connectivity index is 1.53. The van der Waals surface area contributed by atoms with E-state index in [1.807, 2.05) is 37.3 Å². The van der Waals surface area contributed by atoms with Crippen LogP contribution in [-0.4, -0.2) is 72.1 Å². The fraction of sp³-hybridized carbons (Fsp3) is 0.360. The number of nitrogens with one attached hydrogen (secondary N) is 1. The van der Waals surface area contributed by atoms with Gasteiger partial charge in [0.1, 0.15) is 11.6 Å². The van der Waals surface area contributed by atoms with E-state index in [0.29, 0.717) is 28.6 Å². The third-order valence-electron chi connectivity index (χ3n) is 5.49. The van der Waals surface area contributed by atoms with Gasteiger partial charge in [-0.15, -0.1) is 0 Å². The van der Waals surface area contributed by atoms with Crippen LogP contribution in [0.5, 0.6) is 5.75 Å². The molecular formula is C25H29N5O3. The van der Waals surface area contributed by atoms with Gasteiger partial charge in [-0.1, -0.05) is 0 Å². The van der Waals surface area contributed by atoms with Crippen LogP contribution in [0, 0.1) is 6.92 Å². The number of Topliss-reactive ketones (excluding diaryl/α,β-unsaturated/α-hetero) is 1. The maximum Gasteiger partial charge on any atom is 0.168 e. The molecule has 8 heteroatoms. The molecule has 0 amide bonds. The van der Waals surface area contributed by atoms with Gasteiger partial charge in [-0.05, 0) is 42.8 Å². The number of hydrogen-bond acceptors (Lipinski definition) is 8. The quantitative estimate of drug-likeness (QED) is 0.501. The molecule has 0 saturated carbocycles. The van der Waals surface area contributed by atoms with E-state index in [9.17, 15) is 4.79 Å². The van der Waals surface area contributed by atoms with Gasteiger partial charge in [-0.3, -0.25) is 14.7 Å². The second-order valence-corrected chi connectivity index (χ2v) is 8.03. The first-order valence-corrected chi connectivity index (χ1v) is 11.1. The first-order valence-electron chi connectivity index (χ1n) is 11.1. The lowest BCUT2D eigenvalue weighted by molar-refractivity contribution is 0.0398. The summed E-state index contributed by atoms with van der Waals surface area (Å²) in [6.45, 7) is 7.00. The number of ketones is 1. The summed E-state index contributed by atoms with van der Waals surface area (Å²) in [6, 6.07) is 11.1. The zero-order chi connectivity index (χ0) is 23.0. The number of carbonyl (C=O) groups excluding carboxylic acids is 1. The van der Waals surface area contributed by atoms with Gasteiger partial charge in [0.25, 0.3) is 0 Å². The van der Waals surface area contributed by atoms with E-state index in [4.69, 9.17) is 9.47 Å². The predicted octanol–water partition coefficient (Wildman–Crippen LogP) is 3.03. The Morgan fingerprint density at radius 2 is 2.03 bits per heavy atom. The average Bonchev–Trinajstić information content (AvgIpc) is 2.84. The van der Waals surface area contributed by atoms with Crippen LogP contribution in [0.2, 0.25) is 0 Å². The zero-order valence-electron chi connectivity index (χ0n) is 19.1. The molecule has 1 aliphatic rings. The Morgan fingerprint density at radius 1 is 1.18 bits per heavy atom. The topological polar surface area (TPSA) is 89.5 Å². The molecule has 33 heavy (non-hydrogen) atoms. The summed E-state index contributed by atoms with van der Waals surface area (Å²) in [5.74, 6) is 1.89. The number of ether oxygens (including phenoxy) is 2. The van der Waals surface area contributed by atoms with Crippen LogP contribution in [0.1, 0.15) is 21.6 Å². The van der Waals surface area contributed by atoms with E-state index in [0.717, 1.165) is 50.5 Å². The summed E-state index contributed by atoms with van der Waals surface area (Å²) in [6.07, 6.45) is 3.61. The standard InChI is InChI=1S/C25H29N5O3/c1-18-12-20(14-22(13-18)32-2)23(31)15-21-16-24(27-6-7-30-8-10-33-11-9-30)29-25(28-21)19-4-3-5-26-17-19/h3-5,12-14,16-17H,6-11,15H2,1-2H3,(H,27,28,29). The molecule has 0 bridgehead atoms. The van der Waals surface area contributed by atoms with Crippen molar-refractivity contribution < 1.29 is 14.3 Å². The molecule has 0 unspecified atom stereocenters. The molecule has 0 spiro atoms. The minimum absolute atomic E-state index is 0.0212. The molecule has 172 valence electrons. The van der Waals surface area contributed by atoms with Crippen molar-refractivity contribution in [3.8, 4) is 17.1 Å². The molecule has 3 aromatic rings. The van der Waals surface area contributed by atoms with Gasteiger partial charge in [0.05, 0.1) is 32.4 Å². The van der Waals surface area contributed by atoms with Gasteiger partial charge in [0.2, 0.25) is 0 Å². The lowest BCUT2D eigenvalue weighted by Crippen LogP contribution is -2.39. The highest BCUT2D eigenvalue weighted by molar-refractivity contribution is 5.98. The summed E-state index contributed by atoms with van der Waals surface area (Å²) < 4.78 is 10.7. The van der Waals surface area contributed by atoms with Crippen molar-refractivity contribution in [3.05, 3.63) is 65.6 Å². The summed E-state index contributed by atoms with van der Waals surface area (Å²) in [7, 11) is 1.60. The number of pyridine rings is 1. The first-order chi connectivity index (χ1) is 16.1. The number of benzene rings is 1. The van der Waals surface area contributed by atoms with E-state index in [1.54, 1.807) is 25.6 Å². The summed E-state index contributed by atoms with van der Waals surface area (Å²) >= 11 is 0. The van der Waals surface area contributed by atoms with Crippen molar-refractivity contribution in [1.29, 1.82) is 0 Å². The number of methoxy groups -OCH3 is 1. The van der Waals surface area contributed by atoms with E-state index >= 15 is 0 Å². The Hall–Kier alpha value is -3.36. The zero-order valence-corrected chi connectivity index (χ0v) is 19.1.